The van der Waals surface area contributed by atoms with E-state index in [-0.39, 0.29) is 5.57 Å². The predicted molar refractivity (Wildman–Crippen MR) is 107 cm³/mol. The fourth-order valence-corrected chi connectivity index (χ4v) is 3.35. The van der Waals surface area contributed by atoms with E-state index >= 15 is 0 Å². The number of nitrogens with zero attached hydrogens (tertiary/aromatic N) is 1. The molecule has 0 aromatic heterocycles. The minimum absolute atomic E-state index is 0.0999. The first-order chi connectivity index (χ1) is 12.0. The molecule has 2 rings (SSSR count). The van der Waals surface area contributed by atoms with E-state index in [2.05, 4.69) is 22.6 Å². The highest BCUT2D eigenvalue weighted by atomic mass is 127. The van der Waals surface area contributed by atoms with Crippen LogP contribution < -0.4 is 10.5 Å². The molecule has 2 N–H and O–H groups in total. The molecular formula is C19H16ClIN2O2. The standard InChI is InChI=1S/C19H16ClIN2O2/c1-2-25-18-9-12(7-14(11-22)19(23)24)8-17(21)15(18)10-13-5-3-4-6-16(13)20/h3-9H,2,10H2,1H3,(H2,23,24)/b14-7+. The highest BCUT2D eigenvalue weighted by Crippen LogP contribution is 2.31. The largest absolute Gasteiger partial charge is 0.494 e. The molecule has 25 heavy (non-hydrogen) atoms. The Kier molecular flexibility index (Phi) is 6.85. The lowest BCUT2D eigenvalue weighted by Crippen LogP contribution is -2.12. The number of carbonyl (C=O) groups is 1. The van der Waals surface area contributed by atoms with Crippen molar-refractivity contribution in [2.24, 2.45) is 5.73 Å². The van der Waals surface area contributed by atoms with E-state index in [9.17, 15) is 4.79 Å². The first-order valence-corrected chi connectivity index (χ1v) is 9.02. The summed E-state index contributed by atoms with van der Waals surface area (Å²) in [5, 5.41) is 9.71. The molecule has 0 saturated carbocycles. The average molecular weight is 467 g/mol. The first kappa shape index (κ1) is 19.3. The van der Waals surface area contributed by atoms with Crippen molar-refractivity contribution >= 4 is 46.2 Å². The number of nitrogens with two attached hydrogens (primary N) is 1. The van der Waals surface area contributed by atoms with Gasteiger partial charge in [-0.3, -0.25) is 4.79 Å². The molecule has 0 saturated heterocycles. The van der Waals surface area contributed by atoms with Gasteiger partial charge in [-0.2, -0.15) is 5.26 Å². The van der Waals surface area contributed by atoms with Crippen molar-refractivity contribution in [1.82, 2.24) is 0 Å². The Morgan fingerprint density at radius 3 is 2.72 bits per heavy atom. The van der Waals surface area contributed by atoms with Crippen molar-refractivity contribution in [3.8, 4) is 11.8 Å². The third kappa shape index (κ3) is 4.97. The number of hydrogen-bond donors (Lipinski definition) is 1. The number of nitriles is 1. The Hall–Kier alpha value is -2.04. The number of amides is 1. The fraction of sp³-hybridized carbons (Fsp3) is 0.158. The van der Waals surface area contributed by atoms with Gasteiger partial charge in [-0.05, 0) is 64.9 Å². The number of carbonyl (C=O) groups excluding carboxylic acids is 1. The Morgan fingerprint density at radius 1 is 1.40 bits per heavy atom. The molecule has 0 bridgehead atoms. The molecule has 0 fully saturated rings. The smallest absolute Gasteiger partial charge is 0.259 e. The van der Waals surface area contributed by atoms with E-state index in [1.54, 1.807) is 6.07 Å². The minimum atomic E-state index is -0.754. The highest BCUT2D eigenvalue weighted by Gasteiger charge is 2.13. The molecule has 4 nitrogen and oxygen atoms in total. The van der Waals surface area contributed by atoms with Crippen LogP contribution in [0.4, 0.5) is 0 Å². The number of rotatable bonds is 6. The summed E-state index contributed by atoms with van der Waals surface area (Å²) in [6, 6.07) is 13.2. The summed E-state index contributed by atoms with van der Waals surface area (Å²) < 4.78 is 6.73. The predicted octanol–water partition coefficient (Wildman–Crippen LogP) is 4.33. The van der Waals surface area contributed by atoms with Gasteiger partial charge in [0, 0.05) is 20.6 Å². The minimum Gasteiger partial charge on any atom is -0.494 e. The van der Waals surface area contributed by atoms with Crippen molar-refractivity contribution in [1.29, 1.82) is 5.26 Å². The molecular weight excluding hydrogens is 451 g/mol. The Morgan fingerprint density at radius 2 is 2.12 bits per heavy atom. The molecule has 0 spiro atoms. The zero-order chi connectivity index (χ0) is 18.4. The summed E-state index contributed by atoms with van der Waals surface area (Å²) in [5.41, 5.74) is 7.79. The third-order valence-electron chi connectivity index (χ3n) is 3.50. The number of primary amides is 1. The van der Waals surface area contributed by atoms with Crippen LogP contribution >= 0.6 is 34.2 Å². The molecule has 6 heteroatoms. The van der Waals surface area contributed by atoms with E-state index in [4.69, 9.17) is 27.3 Å². The maximum atomic E-state index is 11.3. The summed E-state index contributed by atoms with van der Waals surface area (Å²) in [5.74, 6) is -0.0575. The lowest BCUT2D eigenvalue weighted by atomic mass is 10.0. The van der Waals surface area contributed by atoms with Crippen LogP contribution in [0.15, 0.2) is 42.0 Å². The topological polar surface area (TPSA) is 76.1 Å². The molecule has 128 valence electrons. The number of benzene rings is 2. The van der Waals surface area contributed by atoms with Gasteiger partial charge < -0.3 is 10.5 Å². The van der Waals surface area contributed by atoms with Gasteiger partial charge in [0.1, 0.15) is 17.4 Å². The second kappa shape index (κ2) is 8.88. The maximum absolute atomic E-state index is 11.3. The summed E-state index contributed by atoms with van der Waals surface area (Å²) in [6.07, 6.45) is 2.09. The van der Waals surface area contributed by atoms with Crippen molar-refractivity contribution in [3.63, 3.8) is 0 Å². The molecule has 1 amide bonds. The van der Waals surface area contributed by atoms with Gasteiger partial charge in [-0.25, -0.2) is 0 Å². The van der Waals surface area contributed by atoms with E-state index in [1.807, 2.05) is 43.3 Å². The monoisotopic (exact) mass is 466 g/mol. The van der Waals surface area contributed by atoms with Crippen LogP contribution in [0.5, 0.6) is 5.75 Å². The number of halogens is 2. The molecule has 2 aromatic carbocycles. The average Bonchev–Trinajstić information content (AvgIpc) is 2.57. The fourth-order valence-electron chi connectivity index (χ4n) is 2.33. The molecule has 0 radical (unpaired) electrons. The normalized spacial score (nSPS) is 11.0. The van der Waals surface area contributed by atoms with E-state index in [1.165, 1.54) is 6.08 Å². The van der Waals surface area contributed by atoms with Crippen LogP contribution in [0.3, 0.4) is 0 Å². The van der Waals surface area contributed by atoms with Crippen molar-refractivity contribution in [2.45, 2.75) is 13.3 Å². The molecule has 0 heterocycles. The van der Waals surface area contributed by atoms with Crippen molar-refractivity contribution in [3.05, 3.63) is 67.3 Å². The second-order valence-electron chi connectivity index (χ2n) is 5.21. The Bertz CT molecular complexity index is 872. The molecule has 0 aliphatic carbocycles. The Labute approximate surface area is 165 Å². The SMILES string of the molecule is CCOc1cc(/C=C(\C#N)C(N)=O)cc(I)c1Cc1ccccc1Cl. The lowest BCUT2D eigenvalue weighted by molar-refractivity contribution is -0.114. The van der Waals surface area contributed by atoms with E-state index < -0.39 is 5.91 Å². The third-order valence-corrected chi connectivity index (χ3v) is 4.83. The van der Waals surface area contributed by atoms with E-state index in [0.717, 1.165) is 14.7 Å². The van der Waals surface area contributed by atoms with Crippen LogP contribution in [0.25, 0.3) is 6.08 Å². The second-order valence-corrected chi connectivity index (χ2v) is 6.78. The van der Waals surface area contributed by atoms with Gasteiger partial charge >= 0.3 is 0 Å². The van der Waals surface area contributed by atoms with Crippen molar-refractivity contribution < 1.29 is 9.53 Å². The quantitative estimate of drug-likeness (QED) is 0.391. The lowest BCUT2D eigenvalue weighted by Gasteiger charge is -2.14. The van der Waals surface area contributed by atoms with Gasteiger partial charge in [0.15, 0.2) is 0 Å². The van der Waals surface area contributed by atoms with Crippen LogP contribution in [-0.2, 0) is 11.2 Å². The van der Waals surface area contributed by atoms with Gasteiger partial charge in [0.25, 0.3) is 5.91 Å². The van der Waals surface area contributed by atoms with Gasteiger partial charge in [0.05, 0.1) is 6.61 Å². The highest BCUT2D eigenvalue weighted by molar-refractivity contribution is 14.1. The molecule has 0 aliphatic rings. The summed E-state index contributed by atoms with van der Waals surface area (Å²) in [7, 11) is 0. The van der Waals surface area contributed by atoms with Gasteiger partial charge in [0.2, 0.25) is 0 Å². The molecule has 0 aliphatic heterocycles. The van der Waals surface area contributed by atoms with E-state index in [0.29, 0.717) is 29.4 Å². The van der Waals surface area contributed by atoms with Gasteiger partial charge in [-0.1, -0.05) is 29.8 Å². The molecule has 0 unspecified atom stereocenters. The Balaban J connectivity index is 2.50. The molecule has 2 aromatic rings. The number of ether oxygens (including phenoxy) is 1. The maximum Gasteiger partial charge on any atom is 0.259 e. The summed E-state index contributed by atoms with van der Waals surface area (Å²) >= 11 is 8.48. The van der Waals surface area contributed by atoms with Crippen LogP contribution in [0, 0.1) is 14.9 Å². The van der Waals surface area contributed by atoms with Crippen LogP contribution in [0.1, 0.15) is 23.6 Å². The van der Waals surface area contributed by atoms with Crippen LogP contribution in [-0.4, -0.2) is 12.5 Å². The zero-order valence-corrected chi connectivity index (χ0v) is 16.5. The van der Waals surface area contributed by atoms with Crippen LogP contribution in [0.2, 0.25) is 5.02 Å². The first-order valence-electron chi connectivity index (χ1n) is 7.56. The van der Waals surface area contributed by atoms with Gasteiger partial charge in [-0.15, -0.1) is 0 Å². The number of hydrogen-bond acceptors (Lipinski definition) is 3. The zero-order valence-electron chi connectivity index (χ0n) is 13.6. The van der Waals surface area contributed by atoms with Crippen molar-refractivity contribution in [2.75, 3.05) is 6.61 Å². The molecule has 0 atom stereocenters. The summed E-state index contributed by atoms with van der Waals surface area (Å²) in [6.45, 7) is 2.40. The summed E-state index contributed by atoms with van der Waals surface area (Å²) in [4.78, 5) is 11.3.